The van der Waals surface area contributed by atoms with E-state index in [1.807, 2.05) is 0 Å². The van der Waals surface area contributed by atoms with Crippen LogP contribution in [0, 0.1) is 6.92 Å². The van der Waals surface area contributed by atoms with Crippen LogP contribution >= 0.6 is 0 Å². The smallest absolute Gasteiger partial charge is 0.277 e. The lowest BCUT2D eigenvalue weighted by atomic mass is 10.1. The molecule has 1 fully saturated rings. The first-order valence-corrected chi connectivity index (χ1v) is 8.49. The van der Waals surface area contributed by atoms with Crippen LogP contribution in [0.3, 0.4) is 0 Å². The van der Waals surface area contributed by atoms with Gasteiger partial charge in [-0.1, -0.05) is 5.16 Å². The fraction of sp³-hybridized carbons (Fsp3) is 0.316. The average Bonchev–Trinajstić information content (AvgIpc) is 3.34. The first-order chi connectivity index (χ1) is 13.0. The largest absolute Gasteiger partial charge is 0.497 e. The van der Waals surface area contributed by atoms with E-state index in [2.05, 4.69) is 5.16 Å². The number of hydrogen-bond acceptors (Lipinski definition) is 6. The van der Waals surface area contributed by atoms with Crippen LogP contribution in [0.4, 0.5) is 0 Å². The van der Waals surface area contributed by atoms with Gasteiger partial charge in [0.05, 0.1) is 19.9 Å². The van der Waals surface area contributed by atoms with Gasteiger partial charge in [0.15, 0.2) is 0 Å². The fourth-order valence-electron chi connectivity index (χ4n) is 2.91. The van der Waals surface area contributed by atoms with E-state index in [0.717, 1.165) is 0 Å². The lowest BCUT2D eigenvalue weighted by molar-refractivity contribution is -0.134. The Labute approximate surface area is 156 Å². The third-order valence-electron chi connectivity index (χ3n) is 4.34. The van der Waals surface area contributed by atoms with Crippen molar-refractivity contribution in [1.82, 2.24) is 15.2 Å². The van der Waals surface area contributed by atoms with E-state index in [1.165, 1.54) is 22.4 Å². The number of hydrazine groups is 1. The number of carbonyl (C=O) groups is 2. The zero-order valence-electron chi connectivity index (χ0n) is 15.5. The number of aryl methyl sites for hydroxylation is 1. The molecular formula is C19H21N3O5. The molecule has 1 aliphatic heterocycles. The Bertz CT molecular complexity index is 874. The third kappa shape index (κ3) is 3.79. The minimum Gasteiger partial charge on any atom is -0.497 e. The van der Waals surface area contributed by atoms with E-state index >= 15 is 0 Å². The lowest BCUT2D eigenvalue weighted by Crippen LogP contribution is -2.44. The predicted molar refractivity (Wildman–Crippen MR) is 97.2 cm³/mol. The van der Waals surface area contributed by atoms with Crippen LogP contribution in [0.5, 0.6) is 11.5 Å². The molecule has 0 aliphatic carbocycles. The van der Waals surface area contributed by atoms with Gasteiger partial charge in [-0.2, -0.15) is 0 Å². The summed E-state index contributed by atoms with van der Waals surface area (Å²) >= 11 is 0. The van der Waals surface area contributed by atoms with Gasteiger partial charge >= 0.3 is 0 Å². The zero-order valence-corrected chi connectivity index (χ0v) is 15.5. The molecule has 0 atom stereocenters. The molecule has 1 aliphatic rings. The second-order valence-corrected chi connectivity index (χ2v) is 6.00. The molecule has 1 aromatic carbocycles. The summed E-state index contributed by atoms with van der Waals surface area (Å²) in [4.78, 5) is 25.3. The van der Waals surface area contributed by atoms with E-state index in [9.17, 15) is 9.59 Å². The number of ether oxygens (including phenoxy) is 2. The summed E-state index contributed by atoms with van der Waals surface area (Å²) in [7, 11) is 3.13. The van der Waals surface area contributed by atoms with Crippen LogP contribution in [0.2, 0.25) is 0 Å². The fourth-order valence-corrected chi connectivity index (χ4v) is 2.91. The molecule has 2 aromatic rings. The van der Waals surface area contributed by atoms with Gasteiger partial charge in [0.1, 0.15) is 23.3 Å². The molecule has 0 unspecified atom stereocenters. The van der Waals surface area contributed by atoms with Gasteiger partial charge in [-0.3, -0.25) is 9.59 Å². The van der Waals surface area contributed by atoms with E-state index in [4.69, 9.17) is 14.0 Å². The quantitative estimate of drug-likeness (QED) is 0.750. The summed E-state index contributed by atoms with van der Waals surface area (Å²) in [5.74, 6) is 0.685. The number of aromatic nitrogens is 1. The Morgan fingerprint density at radius 2 is 1.96 bits per heavy atom. The SMILES string of the molecule is COc1ccc(OC)c(C=CC(=O)N2CCCN2C(=O)c2conc2C)c1. The molecule has 2 amide bonds. The highest BCUT2D eigenvalue weighted by atomic mass is 16.5. The van der Waals surface area contributed by atoms with Crippen LogP contribution in [-0.4, -0.2) is 54.3 Å². The molecule has 0 saturated carbocycles. The third-order valence-corrected chi connectivity index (χ3v) is 4.34. The van der Waals surface area contributed by atoms with Crippen LogP contribution in [-0.2, 0) is 4.79 Å². The summed E-state index contributed by atoms with van der Waals surface area (Å²) in [6, 6.07) is 5.32. The topological polar surface area (TPSA) is 85.1 Å². The molecule has 3 rings (SSSR count). The number of rotatable bonds is 5. The average molecular weight is 371 g/mol. The molecule has 0 radical (unpaired) electrons. The van der Waals surface area contributed by atoms with Crippen LogP contribution in [0.15, 0.2) is 35.1 Å². The molecule has 142 valence electrons. The monoisotopic (exact) mass is 371 g/mol. The molecule has 1 saturated heterocycles. The zero-order chi connectivity index (χ0) is 19.4. The minimum atomic E-state index is -0.299. The molecular weight excluding hydrogens is 350 g/mol. The second kappa shape index (κ2) is 7.94. The van der Waals surface area contributed by atoms with Crippen molar-refractivity contribution in [3.63, 3.8) is 0 Å². The van der Waals surface area contributed by atoms with Gasteiger partial charge in [-0.05, 0) is 37.6 Å². The molecule has 2 heterocycles. The molecule has 8 nitrogen and oxygen atoms in total. The van der Waals surface area contributed by atoms with Crippen molar-refractivity contribution in [3.8, 4) is 11.5 Å². The van der Waals surface area contributed by atoms with E-state index < -0.39 is 0 Å². The van der Waals surface area contributed by atoms with Crippen molar-refractivity contribution in [3.05, 3.63) is 47.4 Å². The molecule has 0 spiro atoms. The Morgan fingerprint density at radius 1 is 1.19 bits per heavy atom. The van der Waals surface area contributed by atoms with Crippen LogP contribution in [0.25, 0.3) is 6.08 Å². The van der Waals surface area contributed by atoms with Crippen molar-refractivity contribution in [2.75, 3.05) is 27.3 Å². The van der Waals surface area contributed by atoms with Crippen LogP contribution < -0.4 is 9.47 Å². The van der Waals surface area contributed by atoms with Crippen molar-refractivity contribution >= 4 is 17.9 Å². The number of carbonyl (C=O) groups excluding carboxylic acids is 2. The van der Waals surface area contributed by atoms with Crippen molar-refractivity contribution in [2.24, 2.45) is 0 Å². The molecule has 1 aromatic heterocycles. The summed E-state index contributed by atoms with van der Waals surface area (Å²) in [5.41, 5.74) is 1.56. The van der Waals surface area contributed by atoms with Gasteiger partial charge in [-0.25, -0.2) is 10.0 Å². The highest BCUT2D eigenvalue weighted by Gasteiger charge is 2.31. The maximum atomic E-state index is 12.7. The maximum Gasteiger partial charge on any atom is 0.277 e. The van der Waals surface area contributed by atoms with Crippen molar-refractivity contribution in [2.45, 2.75) is 13.3 Å². The van der Waals surface area contributed by atoms with Gasteiger partial charge < -0.3 is 14.0 Å². The highest BCUT2D eigenvalue weighted by molar-refractivity contribution is 5.98. The van der Waals surface area contributed by atoms with Crippen molar-refractivity contribution in [1.29, 1.82) is 0 Å². The molecule has 0 N–H and O–H groups in total. The van der Waals surface area contributed by atoms with Gasteiger partial charge in [0, 0.05) is 24.7 Å². The first kappa shape index (κ1) is 18.5. The van der Waals surface area contributed by atoms with Crippen LogP contribution in [0.1, 0.15) is 28.0 Å². The van der Waals surface area contributed by atoms with E-state index in [0.29, 0.717) is 47.8 Å². The number of benzene rings is 1. The minimum absolute atomic E-state index is 0.292. The summed E-state index contributed by atoms with van der Waals surface area (Å²) < 4.78 is 15.4. The first-order valence-electron chi connectivity index (χ1n) is 8.49. The molecule has 8 heteroatoms. The van der Waals surface area contributed by atoms with Gasteiger partial charge in [0.2, 0.25) is 0 Å². The van der Waals surface area contributed by atoms with E-state index in [1.54, 1.807) is 45.4 Å². The number of amides is 2. The molecule has 0 bridgehead atoms. The Kier molecular flexibility index (Phi) is 5.44. The number of methoxy groups -OCH3 is 2. The summed E-state index contributed by atoms with van der Waals surface area (Å²) in [6.07, 6.45) is 5.08. The highest BCUT2D eigenvalue weighted by Crippen LogP contribution is 2.25. The summed E-state index contributed by atoms with van der Waals surface area (Å²) in [6.45, 7) is 2.62. The second-order valence-electron chi connectivity index (χ2n) is 6.00. The maximum absolute atomic E-state index is 12.7. The lowest BCUT2D eigenvalue weighted by Gasteiger charge is -2.26. The van der Waals surface area contributed by atoms with E-state index in [-0.39, 0.29) is 11.8 Å². The standard InChI is InChI=1S/C19H21N3O5/c1-13-16(12-27-20-13)19(24)22-10-4-9-21(22)18(23)8-5-14-11-15(25-2)6-7-17(14)26-3/h5-8,11-12H,4,9-10H2,1-3H3. The predicted octanol–water partition coefficient (Wildman–Crippen LogP) is 2.30. The number of nitrogens with zero attached hydrogens (tertiary/aromatic N) is 3. The van der Waals surface area contributed by atoms with Gasteiger partial charge in [-0.15, -0.1) is 0 Å². The summed E-state index contributed by atoms with van der Waals surface area (Å²) in [5, 5.41) is 6.58. The normalized spacial score (nSPS) is 14.0. The van der Waals surface area contributed by atoms with Gasteiger partial charge in [0.25, 0.3) is 11.8 Å². The number of hydrogen-bond donors (Lipinski definition) is 0. The Morgan fingerprint density at radius 3 is 2.63 bits per heavy atom. The molecule has 27 heavy (non-hydrogen) atoms. The van der Waals surface area contributed by atoms with Crippen molar-refractivity contribution < 1.29 is 23.6 Å². The Balaban J connectivity index is 1.78. The Hall–Kier alpha value is -3.29.